The molecule has 0 aromatic heterocycles. The van der Waals surface area contributed by atoms with Crippen molar-refractivity contribution in [2.24, 2.45) is 0 Å². The summed E-state index contributed by atoms with van der Waals surface area (Å²) < 4.78 is 5.49. The Kier molecular flexibility index (Phi) is 12.5. The lowest BCUT2D eigenvalue weighted by molar-refractivity contribution is -0.145. The fraction of sp³-hybridized carbons (Fsp3) is 0.700. The Hall–Kier alpha value is -2.22. The summed E-state index contributed by atoms with van der Waals surface area (Å²) in [5, 5.41) is 6.11. The first-order chi connectivity index (χ1) is 17.9. The summed E-state index contributed by atoms with van der Waals surface area (Å²) in [5.74, 6) is 0.271. The van der Waals surface area contributed by atoms with Crippen LogP contribution in [-0.2, 0) is 14.3 Å². The Morgan fingerprint density at radius 2 is 1.79 bits per heavy atom. The van der Waals surface area contributed by atoms with E-state index in [0.29, 0.717) is 18.6 Å². The first-order valence-corrected chi connectivity index (χ1v) is 15.5. The van der Waals surface area contributed by atoms with E-state index >= 15 is 0 Å². The van der Waals surface area contributed by atoms with Crippen molar-refractivity contribution in [1.29, 1.82) is 0 Å². The zero-order valence-electron chi connectivity index (χ0n) is 24.7. The highest BCUT2D eigenvalue weighted by Crippen LogP contribution is 2.30. The monoisotopic (exact) mass is 547 g/mol. The van der Waals surface area contributed by atoms with E-state index < -0.39 is 23.8 Å². The molecule has 1 aliphatic carbocycles. The summed E-state index contributed by atoms with van der Waals surface area (Å²) in [4.78, 5) is 42.8. The molecule has 1 aliphatic rings. The third kappa shape index (κ3) is 9.51. The van der Waals surface area contributed by atoms with Crippen molar-refractivity contribution in [1.82, 2.24) is 15.5 Å². The molecule has 1 saturated carbocycles. The normalized spacial score (nSPS) is 16.7. The second-order valence-electron chi connectivity index (χ2n) is 11.6. The molecule has 1 fully saturated rings. The van der Waals surface area contributed by atoms with Gasteiger partial charge in [0.2, 0.25) is 11.8 Å². The van der Waals surface area contributed by atoms with Crippen molar-refractivity contribution < 1.29 is 19.1 Å². The number of hydrogen-bond acceptors (Lipinski definition) is 5. The van der Waals surface area contributed by atoms with Crippen molar-refractivity contribution >= 4 is 29.7 Å². The molecular formula is C30H49N3O4S. The number of alkyl carbamates (subject to hydrolysis) is 1. The van der Waals surface area contributed by atoms with Crippen LogP contribution in [0.1, 0.15) is 102 Å². The largest absolute Gasteiger partial charge is 0.444 e. The van der Waals surface area contributed by atoms with Crippen LogP contribution in [0.4, 0.5) is 4.79 Å². The lowest BCUT2D eigenvalue weighted by atomic mass is 9.92. The molecule has 0 spiro atoms. The number of benzene rings is 1. The Balaban J connectivity index is 2.53. The lowest BCUT2D eigenvalue weighted by Crippen LogP contribution is -2.56. The van der Waals surface area contributed by atoms with Gasteiger partial charge in [-0.2, -0.15) is 11.8 Å². The molecule has 3 atom stereocenters. The molecule has 0 heterocycles. The van der Waals surface area contributed by atoms with Gasteiger partial charge in [-0.15, -0.1) is 0 Å². The third-order valence-corrected chi connectivity index (χ3v) is 7.77. The first-order valence-electron chi connectivity index (χ1n) is 14.1. The maximum absolute atomic E-state index is 14.3. The maximum Gasteiger partial charge on any atom is 0.408 e. The van der Waals surface area contributed by atoms with Crippen molar-refractivity contribution in [3.05, 3.63) is 34.9 Å². The van der Waals surface area contributed by atoms with E-state index in [1.165, 1.54) is 6.42 Å². The highest BCUT2D eigenvalue weighted by Gasteiger charge is 2.39. The number of aryl methyl sites for hydroxylation is 2. The van der Waals surface area contributed by atoms with Gasteiger partial charge in [-0.3, -0.25) is 9.59 Å². The number of ether oxygens (including phenoxy) is 1. The molecule has 0 bridgehead atoms. The second-order valence-corrected chi connectivity index (χ2v) is 12.6. The fourth-order valence-electron chi connectivity index (χ4n) is 4.92. The molecule has 1 aromatic carbocycles. The average Bonchev–Trinajstić information content (AvgIpc) is 2.85. The van der Waals surface area contributed by atoms with Gasteiger partial charge in [-0.1, -0.05) is 49.9 Å². The van der Waals surface area contributed by atoms with Crippen LogP contribution in [0.15, 0.2) is 18.2 Å². The summed E-state index contributed by atoms with van der Waals surface area (Å²) in [7, 11) is 0. The fourth-order valence-corrected chi connectivity index (χ4v) is 5.39. The molecule has 214 valence electrons. The molecule has 0 aliphatic heterocycles. The Morgan fingerprint density at radius 3 is 2.37 bits per heavy atom. The smallest absolute Gasteiger partial charge is 0.408 e. The number of rotatable bonds is 11. The summed E-state index contributed by atoms with van der Waals surface area (Å²) in [6.07, 6.45) is 7.76. The van der Waals surface area contributed by atoms with Crippen LogP contribution in [0.2, 0.25) is 0 Å². The lowest BCUT2D eigenvalue weighted by Gasteiger charge is -2.39. The van der Waals surface area contributed by atoms with Crippen LogP contribution in [0, 0.1) is 13.8 Å². The Morgan fingerprint density at radius 1 is 1.13 bits per heavy atom. The van der Waals surface area contributed by atoms with Gasteiger partial charge in [0.25, 0.3) is 0 Å². The van der Waals surface area contributed by atoms with Crippen molar-refractivity contribution in [3.8, 4) is 0 Å². The topological polar surface area (TPSA) is 87.7 Å². The van der Waals surface area contributed by atoms with Crippen LogP contribution < -0.4 is 10.6 Å². The zero-order chi connectivity index (χ0) is 28.5. The Bertz CT molecular complexity index is 940. The van der Waals surface area contributed by atoms with E-state index in [-0.39, 0.29) is 23.9 Å². The van der Waals surface area contributed by atoms with E-state index in [0.717, 1.165) is 42.4 Å². The number of amides is 3. The molecule has 3 unspecified atom stereocenters. The number of nitrogens with zero attached hydrogens (tertiary/aromatic N) is 1. The van der Waals surface area contributed by atoms with E-state index in [1.54, 1.807) is 37.4 Å². The van der Waals surface area contributed by atoms with Gasteiger partial charge >= 0.3 is 6.09 Å². The van der Waals surface area contributed by atoms with Crippen LogP contribution in [0.25, 0.3) is 0 Å². The van der Waals surface area contributed by atoms with Gasteiger partial charge in [0.05, 0.1) is 0 Å². The number of carbonyl (C=O) groups is 3. The molecule has 2 N–H and O–H groups in total. The first kappa shape index (κ1) is 32.0. The zero-order valence-corrected chi connectivity index (χ0v) is 25.5. The summed E-state index contributed by atoms with van der Waals surface area (Å²) in [5.41, 5.74) is 2.13. The minimum absolute atomic E-state index is 0.116. The second kappa shape index (κ2) is 14.8. The molecule has 2 rings (SSSR count). The molecule has 38 heavy (non-hydrogen) atoms. The predicted octanol–water partition coefficient (Wildman–Crippen LogP) is 6.07. The van der Waals surface area contributed by atoms with E-state index in [4.69, 9.17) is 4.74 Å². The third-order valence-electron chi connectivity index (χ3n) is 7.13. The van der Waals surface area contributed by atoms with Crippen molar-refractivity contribution in [2.75, 3.05) is 12.0 Å². The van der Waals surface area contributed by atoms with Crippen LogP contribution in [-0.4, -0.2) is 58.5 Å². The van der Waals surface area contributed by atoms with Crippen LogP contribution >= 0.6 is 11.8 Å². The number of nitrogens with one attached hydrogen (secondary N) is 2. The average molecular weight is 548 g/mol. The predicted molar refractivity (Wildman–Crippen MR) is 156 cm³/mol. The van der Waals surface area contributed by atoms with Gasteiger partial charge in [-0.05, 0) is 90.4 Å². The highest BCUT2D eigenvalue weighted by atomic mass is 32.2. The van der Waals surface area contributed by atoms with Crippen molar-refractivity contribution in [3.63, 3.8) is 0 Å². The number of hydrogen-bond donors (Lipinski definition) is 2. The minimum Gasteiger partial charge on any atom is -0.444 e. The van der Waals surface area contributed by atoms with Gasteiger partial charge < -0.3 is 20.3 Å². The Labute approximate surface area is 234 Å². The van der Waals surface area contributed by atoms with Gasteiger partial charge in [0.15, 0.2) is 0 Å². The summed E-state index contributed by atoms with van der Waals surface area (Å²) in [6.45, 7) is 13.4. The van der Waals surface area contributed by atoms with E-state index in [9.17, 15) is 14.4 Å². The van der Waals surface area contributed by atoms with Gasteiger partial charge in [0.1, 0.15) is 17.7 Å². The molecule has 1 aromatic rings. The molecule has 8 heteroatoms. The summed E-state index contributed by atoms with van der Waals surface area (Å²) >= 11 is 1.61. The van der Waals surface area contributed by atoms with Crippen LogP contribution in [0.3, 0.4) is 0 Å². The SMILES string of the molecule is CCC(C)N(C(=O)C(CCSC)NC(=O)OC(C)(C)C)C(C(=O)NC1CCCCC1)c1cc(C)ccc1C. The number of carbonyl (C=O) groups excluding carboxylic acids is 3. The molecule has 0 saturated heterocycles. The molecule has 0 radical (unpaired) electrons. The van der Waals surface area contributed by atoms with Crippen LogP contribution in [0.5, 0.6) is 0 Å². The summed E-state index contributed by atoms with van der Waals surface area (Å²) in [6, 6.07) is 4.34. The molecular weight excluding hydrogens is 498 g/mol. The standard InChI is InChI=1S/C30H49N3O4S/c1-9-22(4)33(28(35)25(17-18-38-8)32-29(36)37-30(5,6)7)26(24-19-20(2)15-16-21(24)3)27(34)31-23-13-11-10-12-14-23/h15-16,19,22-23,25-26H,9-14,17-18H2,1-8H3,(H,31,34)(H,32,36). The van der Waals surface area contributed by atoms with Gasteiger partial charge in [0, 0.05) is 12.1 Å². The quantitative estimate of drug-likeness (QED) is 0.351. The van der Waals surface area contributed by atoms with E-state index in [1.807, 2.05) is 52.1 Å². The minimum atomic E-state index is -0.804. The van der Waals surface area contributed by atoms with Gasteiger partial charge in [-0.25, -0.2) is 4.79 Å². The molecule has 3 amide bonds. The molecule has 7 nitrogen and oxygen atoms in total. The van der Waals surface area contributed by atoms with Crippen molar-refractivity contribution in [2.45, 2.75) is 123 Å². The van der Waals surface area contributed by atoms with E-state index in [2.05, 4.69) is 10.6 Å². The maximum atomic E-state index is 14.3. The highest BCUT2D eigenvalue weighted by molar-refractivity contribution is 7.98. The number of thioether (sulfide) groups is 1.